The van der Waals surface area contributed by atoms with E-state index < -0.39 is 37.5 Å². The first-order valence-electron chi connectivity index (χ1n) is 5.79. The molecule has 0 unspecified atom stereocenters. The number of hydrogen-bond donors (Lipinski definition) is 2. The first-order chi connectivity index (χ1) is 9.38. The summed E-state index contributed by atoms with van der Waals surface area (Å²) in [6.07, 6.45) is 0. The summed E-state index contributed by atoms with van der Waals surface area (Å²) in [5.74, 6) is -2.81. The van der Waals surface area contributed by atoms with Crippen LogP contribution in [0.15, 0.2) is 24.3 Å². The van der Waals surface area contributed by atoms with Crippen molar-refractivity contribution in [2.24, 2.45) is 0 Å². The molecule has 0 spiro atoms. The van der Waals surface area contributed by atoms with Crippen molar-refractivity contribution in [2.75, 3.05) is 19.7 Å². The molecular weight excluding hydrogens is 266 g/mol. The van der Waals surface area contributed by atoms with E-state index in [1.165, 1.54) is 0 Å². The van der Waals surface area contributed by atoms with E-state index in [2.05, 4.69) is 0 Å². The number of hydrogen-bond acceptors (Lipinski definition) is 4. The van der Waals surface area contributed by atoms with Gasteiger partial charge in [-0.15, -0.1) is 0 Å². The van der Waals surface area contributed by atoms with Gasteiger partial charge < -0.3 is 19.8 Å². The molecule has 0 saturated heterocycles. The monoisotopic (exact) mass is 281 g/mol. The van der Waals surface area contributed by atoms with Crippen LogP contribution in [-0.2, 0) is 14.4 Å². The number of ether oxygens (including phenoxy) is 1. The minimum Gasteiger partial charge on any atom is -0.484 e. The number of aryl methyl sites for hydroxylation is 1. The maximum absolute atomic E-state index is 11.7. The number of benzene rings is 1. The van der Waals surface area contributed by atoms with Crippen LogP contribution in [0, 0.1) is 6.92 Å². The Morgan fingerprint density at radius 1 is 1.05 bits per heavy atom. The number of carboxylic acid groups (broad SMARTS) is 2. The van der Waals surface area contributed by atoms with E-state index in [0.717, 1.165) is 5.56 Å². The average Bonchev–Trinajstić information content (AvgIpc) is 2.36. The van der Waals surface area contributed by atoms with Crippen molar-refractivity contribution in [3.63, 3.8) is 0 Å². The van der Waals surface area contributed by atoms with Crippen molar-refractivity contribution >= 4 is 17.8 Å². The van der Waals surface area contributed by atoms with Gasteiger partial charge in [0.1, 0.15) is 18.8 Å². The molecule has 0 aromatic heterocycles. The molecule has 0 heterocycles. The van der Waals surface area contributed by atoms with E-state index in [0.29, 0.717) is 10.6 Å². The molecule has 0 aliphatic rings. The van der Waals surface area contributed by atoms with Crippen LogP contribution < -0.4 is 4.74 Å². The Labute approximate surface area is 115 Å². The number of carbonyl (C=O) groups excluding carboxylic acids is 1. The van der Waals surface area contributed by atoms with Gasteiger partial charge in [0.2, 0.25) is 0 Å². The second-order valence-electron chi connectivity index (χ2n) is 4.14. The standard InChI is InChI=1S/C13H15NO6/c1-9-2-4-10(5-3-9)20-8-11(15)14(6-12(16)17)7-13(18)19/h2-5H,6-8H2,1H3,(H,16,17)(H,18,19). The maximum Gasteiger partial charge on any atom is 0.323 e. The summed E-state index contributed by atoms with van der Waals surface area (Å²) in [4.78, 5) is 33.6. The summed E-state index contributed by atoms with van der Waals surface area (Å²) < 4.78 is 5.19. The van der Waals surface area contributed by atoms with E-state index in [1.54, 1.807) is 24.3 Å². The third-order valence-electron chi connectivity index (χ3n) is 2.39. The summed E-state index contributed by atoms with van der Waals surface area (Å²) in [7, 11) is 0. The van der Waals surface area contributed by atoms with Gasteiger partial charge in [-0.05, 0) is 19.1 Å². The van der Waals surface area contributed by atoms with Crippen LogP contribution in [0.1, 0.15) is 5.56 Å². The molecular formula is C13H15NO6. The average molecular weight is 281 g/mol. The highest BCUT2D eigenvalue weighted by molar-refractivity contribution is 5.85. The highest BCUT2D eigenvalue weighted by Gasteiger charge is 2.19. The topological polar surface area (TPSA) is 104 Å². The summed E-state index contributed by atoms with van der Waals surface area (Å²) in [5.41, 5.74) is 1.03. The molecule has 0 radical (unpaired) electrons. The predicted molar refractivity (Wildman–Crippen MR) is 68.5 cm³/mol. The SMILES string of the molecule is Cc1ccc(OCC(=O)N(CC(=O)O)CC(=O)O)cc1. The maximum atomic E-state index is 11.7. The zero-order valence-electron chi connectivity index (χ0n) is 10.9. The molecule has 1 rings (SSSR count). The van der Waals surface area contributed by atoms with Crippen LogP contribution in [0.5, 0.6) is 5.75 Å². The molecule has 0 aliphatic heterocycles. The van der Waals surface area contributed by atoms with Gasteiger partial charge in [-0.3, -0.25) is 14.4 Å². The highest BCUT2D eigenvalue weighted by atomic mass is 16.5. The molecule has 20 heavy (non-hydrogen) atoms. The van der Waals surface area contributed by atoms with Gasteiger partial charge in [-0.1, -0.05) is 17.7 Å². The number of aliphatic carboxylic acids is 2. The Morgan fingerprint density at radius 3 is 2.00 bits per heavy atom. The van der Waals surface area contributed by atoms with Gasteiger partial charge in [0, 0.05) is 0 Å². The van der Waals surface area contributed by atoms with E-state index in [9.17, 15) is 14.4 Å². The van der Waals surface area contributed by atoms with E-state index in [4.69, 9.17) is 14.9 Å². The molecule has 2 N–H and O–H groups in total. The minimum absolute atomic E-state index is 0.413. The molecule has 0 saturated carbocycles. The lowest BCUT2D eigenvalue weighted by molar-refractivity contribution is -0.150. The molecule has 0 bridgehead atoms. The molecule has 0 fully saturated rings. The first-order valence-corrected chi connectivity index (χ1v) is 5.79. The molecule has 7 nitrogen and oxygen atoms in total. The number of carbonyl (C=O) groups is 3. The van der Waals surface area contributed by atoms with Crippen LogP contribution in [0.3, 0.4) is 0 Å². The van der Waals surface area contributed by atoms with Crippen molar-refractivity contribution < 1.29 is 29.3 Å². The van der Waals surface area contributed by atoms with E-state index in [1.807, 2.05) is 6.92 Å². The van der Waals surface area contributed by atoms with E-state index >= 15 is 0 Å². The largest absolute Gasteiger partial charge is 0.484 e. The lowest BCUT2D eigenvalue weighted by Gasteiger charge is -2.18. The van der Waals surface area contributed by atoms with Crippen molar-refractivity contribution in [3.8, 4) is 5.75 Å². The molecule has 0 atom stereocenters. The summed E-state index contributed by atoms with van der Waals surface area (Å²) in [6, 6.07) is 6.93. The molecule has 0 aliphatic carbocycles. The molecule has 1 aromatic rings. The normalized spacial score (nSPS) is 9.85. The highest BCUT2D eigenvalue weighted by Crippen LogP contribution is 2.11. The number of amides is 1. The lowest BCUT2D eigenvalue weighted by Crippen LogP contribution is -2.41. The van der Waals surface area contributed by atoms with Gasteiger partial charge in [0.15, 0.2) is 6.61 Å². The minimum atomic E-state index is -1.28. The summed E-state index contributed by atoms with van der Waals surface area (Å²) in [6.45, 7) is 0.130. The smallest absolute Gasteiger partial charge is 0.323 e. The van der Waals surface area contributed by atoms with Crippen LogP contribution in [0.2, 0.25) is 0 Å². The van der Waals surface area contributed by atoms with E-state index in [-0.39, 0.29) is 0 Å². The zero-order chi connectivity index (χ0) is 15.1. The number of nitrogens with zero attached hydrogens (tertiary/aromatic N) is 1. The number of carboxylic acids is 2. The quantitative estimate of drug-likeness (QED) is 0.748. The van der Waals surface area contributed by atoms with Crippen LogP contribution in [0.4, 0.5) is 0 Å². The number of rotatable bonds is 7. The summed E-state index contributed by atoms with van der Waals surface area (Å²) in [5, 5.41) is 17.3. The lowest BCUT2D eigenvalue weighted by atomic mass is 10.2. The summed E-state index contributed by atoms with van der Waals surface area (Å²) >= 11 is 0. The van der Waals surface area contributed by atoms with Crippen molar-refractivity contribution in [2.45, 2.75) is 6.92 Å². The predicted octanol–water partition coefficient (Wildman–Crippen LogP) is 0.372. The fourth-order valence-corrected chi connectivity index (χ4v) is 1.43. The zero-order valence-corrected chi connectivity index (χ0v) is 10.9. The molecule has 7 heteroatoms. The first kappa shape index (κ1) is 15.5. The molecule has 1 amide bonds. The van der Waals surface area contributed by atoms with Gasteiger partial charge in [-0.2, -0.15) is 0 Å². The second kappa shape index (κ2) is 7.13. The fraction of sp³-hybridized carbons (Fsp3) is 0.308. The Kier molecular flexibility index (Phi) is 5.52. The Balaban J connectivity index is 2.58. The van der Waals surface area contributed by atoms with Crippen molar-refractivity contribution in [1.82, 2.24) is 4.90 Å². The van der Waals surface area contributed by atoms with Gasteiger partial charge in [-0.25, -0.2) is 0 Å². The Hall–Kier alpha value is -2.57. The third kappa shape index (κ3) is 5.38. The van der Waals surface area contributed by atoms with Crippen LogP contribution in [0.25, 0.3) is 0 Å². The second-order valence-corrected chi connectivity index (χ2v) is 4.14. The van der Waals surface area contributed by atoms with Gasteiger partial charge >= 0.3 is 11.9 Å². The van der Waals surface area contributed by atoms with Gasteiger partial charge in [0.05, 0.1) is 0 Å². The van der Waals surface area contributed by atoms with Crippen LogP contribution >= 0.6 is 0 Å². The molecule has 108 valence electrons. The van der Waals surface area contributed by atoms with Gasteiger partial charge in [0.25, 0.3) is 5.91 Å². The third-order valence-corrected chi connectivity index (χ3v) is 2.39. The Morgan fingerprint density at radius 2 is 1.55 bits per heavy atom. The Bertz CT molecular complexity index is 480. The van der Waals surface area contributed by atoms with Crippen molar-refractivity contribution in [3.05, 3.63) is 29.8 Å². The van der Waals surface area contributed by atoms with Crippen molar-refractivity contribution in [1.29, 1.82) is 0 Å². The fourth-order valence-electron chi connectivity index (χ4n) is 1.43. The molecule has 1 aromatic carbocycles. The van der Waals surface area contributed by atoms with Crippen LogP contribution in [-0.4, -0.2) is 52.7 Å².